The number of thiocarbonyl (C=S) groups is 2. The minimum atomic E-state index is 0.119. The average Bonchev–Trinajstić information content (AvgIpc) is 2.63. The molecule has 18 heavy (non-hydrogen) atoms. The van der Waals surface area contributed by atoms with Crippen LogP contribution in [0.4, 0.5) is 0 Å². The molecule has 2 N–H and O–H groups in total. The van der Waals surface area contributed by atoms with Crippen molar-refractivity contribution in [2.75, 3.05) is 6.61 Å². The number of nitrogens with one attached hydrogen (secondary N) is 1. The molecule has 1 aromatic rings. The quantitative estimate of drug-likeness (QED) is 0.660. The number of rotatable bonds is 3. The van der Waals surface area contributed by atoms with Crippen LogP contribution >= 0.6 is 36.2 Å². The molecule has 0 atom stereocenters. The summed E-state index contributed by atoms with van der Waals surface area (Å²) in [6, 6.07) is 5.35. The van der Waals surface area contributed by atoms with Crippen LogP contribution in [0.3, 0.4) is 0 Å². The topological polar surface area (TPSA) is 41.5 Å². The summed E-state index contributed by atoms with van der Waals surface area (Å²) < 4.78 is 5.96. The van der Waals surface area contributed by atoms with E-state index in [-0.39, 0.29) is 5.75 Å². The van der Waals surface area contributed by atoms with E-state index >= 15 is 0 Å². The third kappa shape index (κ3) is 2.82. The van der Waals surface area contributed by atoms with Crippen LogP contribution in [-0.4, -0.2) is 21.0 Å². The zero-order valence-corrected chi connectivity index (χ0v) is 12.0. The Hall–Kier alpha value is -1.11. The molecule has 0 spiro atoms. The van der Waals surface area contributed by atoms with Crippen molar-refractivity contribution in [2.24, 2.45) is 0 Å². The van der Waals surface area contributed by atoms with Gasteiger partial charge in [0, 0.05) is 5.56 Å². The molecule has 1 aliphatic heterocycles. The van der Waals surface area contributed by atoms with Crippen molar-refractivity contribution in [3.05, 3.63) is 28.7 Å². The first-order valence-corrected chi connectivity index (χ1v) is 6.94. The van der Waals surface area contributed by atoms with Crippen molar-refractivity contribution in [3.63, 3.8) is 0 Å². The molecule has 2 rings (SSSR count). The Bertz CT molecular complexity index is 540. The SMILES string of the molecule is CCOc1cccc(/C=C2/SC(=S)NC2=S)c1O. The second kappa shape index (κ2) is 5.69. The van der Waals surface area contributed by atoms with E-state index in [0.717, 1.165) is 4.91 Å². The Balaban J connectivity index is 2.35. The van der Waals surface area contributed by atoms with Crippen molar-refractivity contribution in [1.29, 1.82) is 0 Å². The van der Waals surface area contributed by atoms with Gasteiger partial charge in [-0.25, -0.2) is 0 Å². The first kappa shape index (κ1) is 13.3. The van der Waals surface area contributed by atoms with Gasteiger partial charge in [-0.1, -0.05) is 48.3 Å². The van der Waals surface area contributed by atoms with Gasteiger partial charge < -0.3 is 15.2 Å². The summed E-state index contributed by atoms with van der Waals surface area (Å²) in [4.78, 5) is 1.42. The van der Waals surface area contributed by atoms with E-state index < -0.39 is 0 Å². The van der Waals surface area contributed by atoms with Gasteiger partial charge in [0.1, 0.15) is 9.31 Å². The standard InChI is InChI=1S/C12H11NO2S3/c1-2-15-8-5-3-4-7(10(8)14)6-9-11(16)13-12(17)18-9/h3-6,14H,2H2,1H3,(H,13,16,17)/b9-6+. The summed E-state index contributed by atoms with van der Waals surface area (Å²) in [6.45, 7) is 2.38. The molecule has 0 aromatic heterocycles. The first-order chi connectivity index (χ1) is 8.61. The number of hydrogen-bond acceptors (Lipinski definition) is 5. The average molecular weight is 297 g/mol. The largest absolute Gasteiger partial charge is 0.504 e. The van der Waals surface area contributed by atoms with Gasteiger partial charge in [0.2, 0.25) is 0 Å². The number of phenolic OH excluding ortho intramolecular Hbond substituents is 1. The monoisotopic (exact) mass is 297 g/mol. The molecule has 94 valence electrons. The van der Waals surface area contributed by atoms with Gasteiger partial charge in [0.05, 0.1) is 11.5 Å². The Kier molecular flexibility index (Phi) is 4.21. The highest BCUT2D eigenvalue weighted by molar-refractivity contribution is 8.27. The summed E-state index contributed by atoms with van der Waals surface area (Å²) in [5, 5.41) is 12.9. The second-order valence-electron chi connectivity index (χ2n) is 3.48. The summed E-state index contributed by atoms with van der Waals surface area (Å²) in [5.74, 6) is 0.587. The molecule has 0 aliphatic carbocycles. The maximum absolute atomic E-state index is 10.1. The molecule has 0 amide bonds. The summed E-state index contributed by atoms with van der Waals surface area (Å²) in [7, 11) is 0. The molecular formula is C12H11NO2S3. The molecule has 1 saturated heterocycles. The van der Waals surface area contributed by atoms with Gasteiger partial charge in [-0.3, -0.25) is 0 Å². The van der Waals surface area contributed by atoms with Crippen LogP contribution < -0.4 is 10.1 Å². The fourth-order valence-electron chi connectivity index (χ4n) is 1.49. The van der Waals surface area contributed by atoms with Crippen LogP contribution in [0.15, 0.2) is 23.1 Å². The summed E-state index contributed by atoms with van der Waals surface area (Å²) >= 11 is 11.6. The van der Waals surface area contributed by atoms with Crippen LogP contribution in [0.25, 0.3) is 6.08 Å². The van der Waals surface area contributed by atoms with Crippen LogP contribution in [0.5, 0.6) is 11.5 Å². The molecule has 6 heteroatoms. The van der Waals surface area contributed by atoms with Gasteiger partial charge in [0.15, 0.2) is 11.5 Å². The molecule has 0 unspecified atom stereocenters. The predicted octanol–water partition coefficient (Wildman–Crippen LogP) is 3.08. The first-order valence-electron chi connectivity index (χ1n) is 5.31. The molecule has 0 bridgehead atoms. The lowest BCUT2D eigenvalue weighted by Gasteiger charge is -2.07. The van der Waals surface area contributed by atoms with Crippen molar-refractivity contribution in [2.45, 2.75) is 6.92 Å². The molecule has 0 radical (unpaired) electrons. The van der Waals surface area contributed by atoms with Gasteiger partial charge in [0.25, 0.3) is 0 Å². The van der Waals surface area contributed by atoms with E-state index in [9.17, 15) is 5.11 Å². The van der Waals surface area contributed by atoms with Gasteiger partial charge in [-0.2, -0.15) is 0 Å². The maximum atomic E-state index is 10.1. The van der Waals surface area contributed by atoms with Crippen LogP contribution in [0.2, 0.25) is 0 Å². The molecule has 1 aromatic carbocycles. The van der Waals surface area contributed by atoms with Gasteiger partial charge >= 0.3 is 0 Å². The fourth-order valence-corrected chi connectivity index (χ4v) is 2.96. The minimum absolute atomic E-state index is 0.119. The van der Waals surface area contributed by atoms with Crippen LogP contribution in [-0.2, 0) is 0 Å². The van der Waals surface area contributed by atoms with Crippen LogP contribution in [0.1, 0.15) is 12.5 Å². The number of benzene rings is 1. The Morgan fingerprint density at radius 3 is 2.83 bits per heavy atom. The zero-order chi connectivity index (χ0) is 13.1. The predicted molar refractivity (Wildman–Crippen MR) is 83.2 cm³/mol. The summed E-state index contributed by atoms with van der Waals surface area (Å²) in [5.41, 5.74) is 0.664. The number of hydrogen-bond donors (Lipinski definition) is 2. The third-order valence-electron chi connectivity index (χ3n) is 2.26. The maximum Gasteiger partial charge on any atom is 0.165 e. The van der Waals surface area contributed by atoms with E-state index in [0.29, 0.717) is 27.2 Å². The lowest BCUT2D eigenvalue weighted by atomic mass is 10.1. The van der Waals surface area contributed by atoms with E-state index in [1.54, 1.807) is 18.2 Å². The van der Waals surface area contributed by atoms with Gasteiger partial charge in [-0.15, -0.1) is 0 Å². The van der Waals surface area contributed by atoms with Crippen LogP contribution in [0, 0.1) is 0 Å². The highest BCUT2D eigenvalue weighted by atomic mass is 32.2. The number of thioether (sulfide) groups is 1. The molecule has 3 nitrogen and oxygen atoms in total. The van der Waals surface area contributed by atoms with E-state index in [2.05, 4.69) is 5.32 Å². The number of phenols is 1. The van der Waals surface area contributed by atoms with Crippen molar-refractivity contribution < 1.29 is 9.84 Å². The number of para-hydroxylation sites is 1. The molecular weight excluding hydrogens is 286 g/mol. The van der Waals surface area contributed by atoms with Crippen molar-refractivity contribution in [3.8, 4) is 11.5 Å². The third-order valence-corrected chi connectivity index (χ3v) is 3.89. The van der Waals surface area contributed by atoms with E-state index in [1.807, 2.05) is 13.0 Å². The van der Waals surface area contributed by atoms with Gasteiger partial charge in [-0.05, 0) is 19.1 Å². The smallest absolute Gasteiger partial charge is 0.165 e. The van der Waals surface area contributed by atoms with Crippen molar-refractivity contribution >= 4 is 51.6 Å². The number of ether oxygens (including phenoxy) is 1. The van der Waals surface area contributed by atoms with E-state index in [4.69, 9.17) is 29.2 Å². The minimum Gasteiger partial charge on any atom is -0.504 e. The Labute approximate surface area is 120 Å². The highest BCUT2D eigenvalue weighted by Crippen LogP contribution is 2.34. The molecule has 1 aliphatic rings. The molecule has 1 heterocycles. The lowest BCUT2D eigenvalue weighted by molar-refractivity contribution is 0.318. The lowest BCUT2D eigenvalue weighted by Crippen LogP contribution is -2.15. The fraction of sp³-hybridized carbons (Fsp3) is 0.167. The summed E-state index contributed by atoms with van der Waals surface area (Å²) in [6.07, 6.45) is 1.80. The second-order valence-corrected chi connectivity index (χ2v) is 5.61. The normalized spacial score (nSPS) is 17.1. The molecule has 1 fully saturated rings. The highest BCUT2D eigenvalue weighted by Gasteiger charge is 2.19. The number of aromatic hydroxyl groups is 1. The zero-order valence-electron chi connectivity index (χ0n) is 9.60. The van der Waals surface area contributed by atoms with Crippen molar-refractivity contribution in [1.82, 2.24) is 5.32 Å². The molecule has 0 saturated carbocycles. The van der Waals surface area contributed by atoms with E-state index in [1.165, 1.54) is 11.8 Å². The Morgan fingerprint density at radius 2 is 2.22 bits per heavy atom. The Morgan fingerprint density at radius 1 is 1.44 bits per heavy atom.